The normalized spacial score (nSPS) is 14.8. The van der Waals surface area contributed by atoms with Gasteiger partial charge in [-0.1, -0.05) is 13.8 Å². The molecule has 1 aromatic rings. The fraction of sp³-hybridized carbons (Fsp3) is 0.650. The lowest BCUT2D eigenvalue weighted by Crippen LogP contribution is -2.41. The van der Waals surface area contributed by atoms with Crippen molar-refractivity contribution in [3.63, 3.8) is 0 Å². The number of halogens is 1. The maximum atomic E-state index is 12.8. The van der Waals surface area contributed by atoms with Crippen LogP contribution in [-0.4, -0.2) is 56.9 Å². The Bertz CT molecular complexity index is 575. The van der Waals surface area contributed by atoms with Gasteiger partial charge in [-0.25, -0.2) is 0 Å². The van der Waals surface area contributed by atoms with Crippen LogP contribution in [0, 0.1) is 5.92 Å². The van der Waals surface area contributed by atoms with Crippen molar-refractivity contribution >= 4 is 18.3 Å². The highest BCUT2D eigenvalue weighted by molar-refractivity contribution is 5.95. The Kier molecular flexibility index (Phi) is 10.5. The van der Waals surface area contributed by atoms with E-state index in [2.05, 4.69) is 13.8 Å². The molecule has 1 aromatic carbocycles. The number of nitrogens with zero attached hydrogens (tertiary/aromatic N) is 1. The van der Waals surface area contributed by atoms with Gasteiger partial charge in [-0.15, -0.1) is 12.4 Å². The van der Waals surface area contributed by atoms with E-state index >= 15 is 0 Å². The Balaban J connectivity index is 0.00000364. The molecule has 0 radical (unpaired) electrons. The Morgan fingerprint density at radius 3 is 2.56 bits per heavy atom. The van der Waals surface area contributed by atoms with Gasteiger partial charge in [0.1, 0.15) is 0 Å². The van der Waals surface area contributed by atoms with Gasteiger partial charge < -0.3 is 24.8 Å². The van der Waals surface area contributed by atoms with Crippen LogP contribution in [0.5, 0.6) is 11.5 Å². The highest BCUT2D eigenvalue weighted by Gasteiger charge is 2.24. The minimum Gasteiger partial charge on any atom is -0.493 e. The molecule has 0 atom stereocenters. The second-order valence-corrected chi connectivity index (χ2v) is 7.08. The molecule has 0 bridgehead atoms. The average Bonchev–Trinajstić information content (AvgIpc) is 2.66. The van der Waals surface area contributed by atoms with E-state index in [0.29, 0.717) is 55.8 Å². The van der Waals surface area contributed by atoms with E-state index in [0.717, 1.165) is 19.3 Å². The van der Waals surface area contributed by atoms with E-state index in [-0.39, 0.29) is 24.4 Å². The Hall–Kier alpha value is -1.50. The van der Waals surface area contributed by atoms with Gasteiger partial charge in [0.15, 0.2) is 11.5 Å². The van der Waals surface area contributed by atoms with E-state index in [1.807, 2.05) is 17.0 Å². The molecule has 0 saturated carbocycles. The van der Waals surface area contributed by atoms with Crippen LogP contribution in [0.25, 0.3) is 0 Å². The maximum Gasteiger partial charge on any atom is 0.253 e. The summed E-state index contributed by atoms with van der Waals surface area (Å²) >= 11 is 0. The number of rotatable bonds is 9. The fourth-order valence-electron chi connectivity index (χ4n) is 2.92. The smallest absolute Gasteiger partial charge is 0.253 e. The first-order chi connectivity index (χ1) is 12.5. The highest BCUT2D eigenvalue weighted by atomic mass is 35.5. The van der Waals surface area contributed by atoms with Gasteiger partial charge in [0, 0.05) is 25.3 Å². The predicted molar refractivity (Wildman–Crippen MR) is 109 cm³/mol. The van der Waals surface area contributed by atoms with Crippen molar-refractivity contribution in [2.24, 2.45) is 11.7 Å². The number of benzene rings is 1. The first kappa shape index (κ1) is 23.5. The lowest BCUT2D eigenvalue weighted by molar-refractivity contribution is 0.00843. The van der Waals surface area contributed by atoms with Gasteiger partial charge in [0.2, 0.25) is 0 Å². The number of piperidine rings is 1. The molecular formula is C20H33ClN2O4. The molecule has 154 valence electrons. The quantitative estimate of drug-likeness (QED) is 0.644. The molecule has 0 unspecified atom stereocenters. The molecule has 1 aliphatic rings. The molecule has 1 aliphatic heterocycles. The van der Waals surface area contributed by atoms with Crippen LogP contribution in [-0.2, 0) is 4.74 Å². The predicted octanol–water partition coefficient (Wildman–Crippen LogP) is 3.12. The van der Waals surface area contributed by atoms with Crippen molar-refractivity contribution < 1.29 is 19.0 Å². The number of hydrogen-bond acceptors (Lipinski definition) is 5. The lowest BCUT2D eigenvalue weighted by atomic mass is 10.1. The Labute approximate surface area is 168 Å². The minimum atomic E-state index is 0. The summed E-state index contributed by atoms with van der Waals surface area (Å²) in [5.74, 6) is 1.72. The molecular weight excluding hydrogens is 368 g/mol. The second kappa shape index (κ2) is 12.1. The van der Waals surface area contributed by atoms with Crippen LogP contribution in [0.1, 0.15) is 43.5 Å². The third kappa shape index (κ3) is 7.20. The number of nitrogens with two attached hydrogens (primary N) is 1. The standard InChI is InChI=1S/C20H32N2O4.ClH/c1-15(2)14-26-18-6-5-16(13-19(18)24-3)20(23)22-10-7-17(8-11-22)25-12-4-9-21;/h5-6,13,15,17H,4,7-12,14,21H2,1-3H3;1H. The lowest BCUT2D eigenvalue weighted by Gasteiger charge is -2.32. The zero-order chi connectivity index (χ0) is 18.9. The Morgan fingerprint density at radius 1 is 1.26 bits per heavy atom. The summed E-state index contributed by atoms with van der Waals surface area (Å²) in [6.07, 6.45) is 2.84. The molecule has 1 saturated heterocycles. The number of carbonyl (C=O) groups excluding carboxylic acids is 1. The topological polar surface area (TPSA) is 74.0 Å². The van der Waals surface area contributed by atoms with Crippen LogP contribution in [0.4, 0.5) is 0 Å². The third-order valence-electron chi connectivity index (χ3n) is 4.41. The van der Waals surface area contributed by atoms with E-state index in [9.17, 15) is 4.79 Å². The molecule has 0 aromatic heterocycles. The van der Waals surface area contributed by atoms with Gasteiger partial charge >= 0.3 is 0 Å². The average molecular weight is 401 g/mol. The first-order valence-electron chi connectivity index (χ1n) is 9.47. The summed E-state index contributed by atoms with van der Waals surface area (Å²) in [5, 5.41) is 0. The number of methoxy groups -OCH3 is 1. The number of likely N-dealkylation sites (tertiary alicyclic amines) is 1. The van der Waals surface area contributed by atoms with Crippen LogP contribution in [0.2, 0.25) is 0 Å². The summed E-state index contributed by atoms with van der Waals surface area (Å²) in [6, 6.07) is 5.39. The van der Waals surface area contributed by atoms with Gasteiger partial charge in [-0.2, -0.15) is 0 Å². The van der Waals surface area contributed by atoms with Crippen LogP contribution >= 0.6 is 12.4 Å². The molecule has 0 spiro atoms. The molecule has 1 fully saturated rings. The van der Waals surface area contributed by atoms with Crippen LogP contribution in [0.15, 0.2) is 18.2 Å². The summed E-state index contributed by atoms with van der Waals surface area (Å²) in [4.78, 5) is 14.7. The first-order valence-corrected chi connectivity index (χ1v) is 9.47. The monoisotopic (exact) mass is 400 g/mol. The largest absolute Gasteiger partial charge is 0.493 e. The maximum absolute atomic E-state index is 12.8. The van der Waals surface area contributed by atoms with Crippen molar-refractivity contribution in [3.05, 3.63) is 23.8 Å². The van der Waals surface area contributed by atoms with Gasteiger partial charge in [0.05, 0.1) is 19.8 Å². The molecule has 6 nitrogen and oxygen atoms in total. The zero-order valence-corrected chi connectivity index (χ0v) is 17.4. The fourth-order valence-corrected chi connectivity index (χ4v) is 2.92. The summed E-state index contributed by atoms with van der Waals surface area (Å²) in [6.45, 7) is 7.56. The number of hydrogen-bond donors (Lipinski definition) is 1. The van der Waals surface area contributed by atoms with E-state index in [1.54, 1.807) is 13.2 Å². The Morgan fingerprint density at radius 2 is 1.96 bits per heavy atom. The molecule has 0 aliphatic carbocycles. The molecule has 7 heteroatoms. The van der Waals surface area contributed by atoms with Gasteiger partial charge in [-0.05, 0) is 49.9 Å². The SMILES string of the molecule is COc1cc(C(=O)N2CCC(OCCCN)CC2)ccc1OCC(C)C.Cl. The third-order valence-corrected chi connectivity index (χ3v) is 4.41. The van der Waals surface area contributed by atoms with Crippen molar-refractivity contribution in [2.45, 2.75) is 39.2 Å². The zero-order valence-electron chi connectivity index (χ0n) is 16.6. The van der Waals surface area contributed by atoms with Crippen molar-refractivity contribution in [1.82, 2.24) is 4.90 Å². The highest BCUT2D eigenvalue weighted by Crippen LogP contribution is 2.29. The van der Waals surface area contributed by atoms with Gasteiger partial charge in [-0.3, -0.25) is 4.79 Å². The van der Waals surface area contributed by atoms with E-state index in [1.165, 1.54) is 0 Å². The molecule has 2 rings (SSSR count). The summed E-state index contributed by atoms with van der Waals surface area (Å²) in [5.41, 5.74) is 6.11. The van der Waals surface area contributed by atoms with Gasteiger partial charge in [0.25, 0.3) is 5.91 Å². The molecule has 2 N–H and O–H groups in total. The van der Waals surface area contributed by atoms with Crippen LogP contribution in [0.3, 0.4) is 0 Å². The number of ether oxygens (including phenoxy) is 3. The van der Waals surface area contributed by atoms with E-state index < -0.39 is 0 Å². The summed E-state index contributed by atoms with van der Waals surface area (Å²) < 4.78 is 17.0. The van der Waals surface area contributed by atoms with Crippen molar-refractivity contribution in [3.8, 4) is 11.5 Å². The number of amides is 1. The molecule has 1 amide bonds. The van der Waals surface area contributed by atoms with Crippen molar-refractivity contribution in [2.75, 3.05) is 40.0 Å². The molecule has 27 heavy (non-hydrogen) atoms. The van der Waals surface area contributed by atoms with Crippen molar-refractivity contribution in [1.29, 1.82) is 0 Å². The molecule has 1 heterocycles. The van der Waals surface area contributed by atoms with E-state index in [4.69, 9.17) is 19.9 Å². The number of carbonyl (C=O) groups is 1. The van der Waals surface area contributed by atoms with Crippen LogP contribution < -0.4 is 15.2 Å². The minimum absolute atomic E-state index is 0. The second-order valence-electron chi connectivity index (χ2n) is 7.08. The summed E-state index contributed by atoms with van der Waals surface area (Å²) in [7, 11) is 1.59.